The maximum atomic E-state index is 5.90. The van der Waals surface area contributed by atoms with E-state index in [1.807, 2.05) is 44.3 Å². The van der Waals surface area contributed by atoms with Crippen LogP contribution < -0.4 is 4.74 Å². The minimum absolute atomic E-state index is 0.264. The van der Waals surface area contributed by atoms with Crippen molar-refractivity contribution in [1.29, 1.82) is 0 Å². The summed E-state index contributed by atoms with van der Waals surface area (Å²) in [5.74, 6) is 0.724. The van der Waals surface area contributed by atoms with Crippen molar-refractivity contribution in [3.05, 3.63) is 32.7 Å². The van der Waals surface area contributed by atoms with Gasteiger partial charge in [0.2, 0.25) is 0 Å². The lowest BCUT2D eigenvalue weighted by molar-refractivity contribution is 0.475. The van der Waals surface area contributed by atoms with E-state index >= 15 is 0 Å². The minimum Gasteiger partial charge on any atom is -0.431 e. The third kappa shape index (κ3) is 4.12. The fourth-order valence-electron chi connectivity index (χ4n) is 1.67. The summed E-state index contributed by atoms with van der Waals surface area (Å²) in [7, 11) is 1.99. The zero-order chi connectivity index (χ0) is 16.3. The number of halogens is 2. The second-order valence-electron chi connectivity index (χ2n) is 4.87. The average Bonchev–Trinajstić information content (AvgIpc) is 2.79. The fourth-order valence-corrected chi connectivity index (χ4v) is 2.70. The molecule has 0 saturated heterocycles. The topological polar surface area (TPSA) is 37.7 Å². The van der Waals surface area contributed by atoms with E-state index in [1.54, 1.807) is 0 Å². The second kappa shape index (κ2) is 7.31. The Morgan fingerprint density at radius 2 is 2.05 bits per heavy atom. The van der Waals surface area contributed by atoms with Crippen molar-refractivity contribution in [2.24, 2.45) is 4.99 Å². The molecular formula is C15H17Cl2N3OS. The molecule has 2 aromatic rings. The Morgan fingerprint density at radius 1 is 1.32 bits per heavy atom. The predicted molar refractivity (Wildman–Crippen MR) is 94.6 cm³/mol. The monoisotopic (exact) mass is 357 g/mol. The lowest BCUT2D eigenvalue weighted by atomic mass is 10.1. The number of hydrogen-bond donors (Lipinski definition) is 0. The number of hydrogen-bond acceptors (Lipinski definition) is 4. The molecule has 2 rings (SSSR count). The molecule has 22 heavy (non-hydrogen) atoms. The van der Waals surface area contributed by atoms with Crippen LogP contribution in [0, 0.1) is 13.8 Å². The van der Waals surface area contributed by atoms with Crippen LogP contribution in [0.15, 0.2) is 17.1 Å². The molecule has 1 heterocycles. The predicted octanol–water partition coefficient (Wildman–Crippen LogP) is 5.47. The van der Waals surface area contributed by atoms with Gasteiger partial charge in [-0.25, -0.2) is 4.99 Å². The molecule has 0 atom stereocenters. The third-order valence-corrected chi connectivity index (χ3v) is 4.73. The first kappa shape index (κ1) is 17.1. The molecule has 4 nitrogen and oxygen atoms in total. The Bertz CT molecular complexity index is 681. The van der Waals surface area contributed by atoms with Crippen molar-refractivity contribution in [1.82, 2.24) is 9.88 Å². The van der Waals surface area contributed by atoms with Gasteiger partial charge in [-0.2, -0.15) is 4.98 Å². The summed E-state index contributed by atoms with van der Waals surface area (Å²) in [6, 6.07) is 3.93. The molecule has 118 valence electrons. The molecule has 1 aromatic carbocycles. The highest BCUT2D eigenvalue weighted by atomic mass is 35.5. The van der Waals surface area contributed by atoms with Crippen LogP contribution in [0.25, 0.3) is 0 Å². The Balaban J connectivity index is 2.24. The molecule has 0 aliphatic rings. The number of rotatable bonds is 5. The molecule has 0 radical (unpaired) electrons. The molecule has 0 amide bonds. The van der Waals surface area contributed by atoms with E-state index in [1.165, 1.54) is 11.3 Å². The molecule has 0 saturated carbocycles. The van der Waals surface area contributed by atoms with Gasteiger partial charge in [0, 0.05) is 13.6 Å². The maximum absolute atomic E-state index is 5.90. The van der Waals surface area contributed by atoms with E-state index in [9.17, 15) is 0 Å². The molecular weight excluding hydrogens is 341 g/mol. The number of ether oxygens (including phenoxy) is 1. The van der Waals surface area contributed by atoms with Crippen molar-refractivity contribution in [3.63, 3.8) is 0 Å². The third-order valence-electron chi connectivity index (χ3n) is 3.11. The molecule has 1 aromatic heterocycles. The highest BCUT2D eigenvalue weighted by Gasteiger charge is 2.11. The molecule has 0 aliphatic heterocycles. The van der Waals surface area contributed by atoms with Gasteiger partial charge in [0.05, 0.1) is 12.0 Å². The van der Waals surface area contributed by atoms with Gasteiger partial charge in [-0.1, -0.05) is 34.5 Å². The zero-order valence-electron chi connectivity index (χ0n) is 12.9. The number of aliphatic imine (C=N–C) groups is 1. The quantitative estimate of drug-likeness (QED) is 0.525. The average molecular weight is 358 g/mol. The number of thiazole rings is 1. The van der Waals surface area contributed by atoms with Crippen LogP contribution in [0.1, 0.15) is 18.1 Å². The molecule has 0 unspecified atom stereocenters. The minimum atomic E-state index is 0.264. The Morgan fingerprint density at radius 3 is 2.64 bits per heavy atom. The van der Waals surface area contributed by atoms with Gasteiger partial charge in [0.15, 0.2) is 5.15 Å². The molecule has 0 aliphatic carbocycles. The number of aryl methyl sites for hydroxylation is 2. The lowest BCUT2D eigenvalue weighted by Crippen LogP contribution is -2.14. The zero-order valence-corrected chi connectivity index (χ0v) is 15.2. The van der Waals surface area contributed by atoms with Crippen LogP contribution in [0.2, 0.25) is 9.49 Å². The van der Waals surface area contributed by atoms with Crippen LogP contribution in [-0.2, 0) is 0 Å². The number of benzene rings is 1. The van der Waals surface area contributed by atoms with E-state index in [0.29, 0.717) is 9.53 Å². The summed E-state index contributed by atoms with van der Waals surface area (Å²) < 4.78 is 6.20. The van der Waals surface area contributed by atoms with Gasteiger partial charge >= 0.3 is 0 Å². The van der Waals surface area contributed by atoms with Crippen molar-refractivity contribution in [3.8, 4) is 10.9 Å². The summed E-state index contributed by atoms with van der Waals surface area (Å²) in [6.45, 7) is 6.94. The van der Waals surface area contributed by atoms with Gasteiger partial charge in [-0.3, -0.25) is 0 Å². The SMILES string of the molecule is CCN(C)/C=N/c1cc(C)c(Oc2nc(Cl)c(Cl)s2)cc1C. The summed E-state index contributed by atoms with van der Waals surface area (Å²) in [4.78, 5) is 10.6. The van der Waals surface area contributed by atoms with Gasteiger partial charge in [-0.15, -0.1) is 0 Å². The van der Waals surface area contributed by atoms with Gasteiger partial charge in [0.1, 0.15) is 10.1 Å². The summed E-state index contributed by atoms with van der Waals surface area (Å²) in [6.07, 6.45) is 1.82. The Hall–Kier alpha value is -1.30. The summed E-state index contributed by atoms with van der Waals surface area (Å²) in [5, 5.41) is 0.694. The van der Waals surface area contributed by atoms with Crippen LogP contribution in [0.3, 0.4) is 0 Å². The normalized spacial score (nSPS) is 11.2. The largest absolute Gasteiger partial charge is 0.431 e. The van der Waals surface area contributed by atoms with Gasteiger partial charge in [0.25, 0.3) is 5.19 Å². The van der Waals surface area contributed by atoms with Crippen LogP contribution >= 0.6 is 34.5 Å². The smallest absolute Gasteiger partial charge is 0.281 e. The van der Waals surface area contributed by atoms with Crippen molar-refractivity contribution in [2.45, 2.75) is 20.8 Å². The van der Waals surface area contributed by atoms with E-state index in [4.69, 9.17) is 27.9 Å². The first-order chi connectivity index (χ1) is 10.4. The second-order valence-corrected chi connectivity index (χ2v) is 6.79. The molecule has 0 spiro atoms. The first-order valence-corrected chi connectivity index (χ1v) is 8.33. The van der Waals surface area contributed by atoms with Gasteiger partial charge < -0.3 is 9.64 Å². The standard InChI is InChI=1S/C15H17Cl2N3OS/c1-5-20(4)8-18-11-6-10(3)12(7-9(11)2)21-15-19-13(16)14(17)22-15/h6-8H,5H2,1-4H3/b18-8+. The van der Waals surface area contributed by atoms with Crippen LogP contribution in [-0.4, -0.2) is 29.8 Å². The van der Waals surface area contributed by atoms with Crippen molar-refractivity contribution in [2.75, 3.05) is 13.6 Å². The van der Waals surface area contributed by atoms with E-state index in [2.05, 4.69) is 16.9 Å². The van der Waals surface area contributed by atoms with Crippen LogP contribution in [0.4, 0.5) is 5.69 Å². The van der Waals surface area contributed by atoms with E-state index in [-0.39, 0.29) is 5.15 Å². The van der Waals surface area contributed by atoms with Gasteiger partial charge in [-0.05, 0) is 44.0 Å². The number of aromatic nitrogens is 1. The lowest BCUT2D eigenvalue weighted by Gasteiger charge is -2.11. The molecule has 7 heteroatoms. The van der Waals surface area contributed by atoms with E-state index < -0.39 is 0 Å². The fraction of sp³-hybridized carbons (Fsp3) is 0.333. The van der Waals surface area contributed by atoms with Crippen molar-refractivity contribution < 1.29 is 4.74 Å². The summed E-state index contributed by atoms with van der Waals surface area (Å²) in [5.41, 5.74) is 2.91. The van der Waals surface area contributed by atoms with E-state index in [0.717, 1.165) is 29.1 Å². The molecule has 0 fully saturated rings. The highest BCUT2D eigenvalue weighted by Crippen LogP contribution is 2.37. The number of nitrogens with zero attached hydrogens (tertiary/aromatic N) is 3. The summed E-state index contributed by atoms with van der Waals surface area (Å²) >= 11 is 12.9. The maximum Gasteiger partial charge on any atom is 0.281 e. The Kier molecular flexibility index (Phi) is 5.67. The molecule has 0 N–H and O–H groups in total. The van der Waals surface area contributed by atoms with Crippen LogP contribution in [0.5, 0.6) is 10.9 Å². The Labute approximate surface area is 144 Å². The van der Waals surface area contributed by atoms with Crippen molar-refractivity contribution >= 4 is 46.6 Å². The molecule has 0 bridgehead atoms. The first-order valence-electron chi connectivity index (χ1n) is 6.76. The highest BCUT2D eigenvalue weighted by molar-refractivity contribution is 7.18.